The fourth-order valence-electron chi connectivity index (χ4n) is 1.55. The highest BCUT2D eigenvalue weighted by Gasteiger charge is 2.18. The van der Waals surface area contributed by atoms with Gasteiger partial charge in [-0.05, 0) is 23.8 Å². The summed E-state index contributed by atoms with van der Waals surface area (Å²) < 4.78 is 40.8. The van der Waals surface area contributed by atoms with Gasteiger partial charge in [0.2, 0.25) is 0 Å². The summed E-state index contributed by atoms with van der Waals surface area (Å²) in [5.74, 6) is -0.147. The van der Waals surface area contributed by atoms with E-state index >= 15 is 0 Å². The van der Waals surface area contributed by atoms with Crippen LogP contribution in [0.15, 0.2) is 41.3 Å². The van der Waals surface area contributed by atoms with Crippen molar-refractivity contribution in [3.63, 3.8) is 0 Å². The van der Waals surface area contributed by atoms with E-state index in [-0.39, 0.29) is 33.1 Å². The third kappa shape index (κ3) is 4.23. The average molecular weight is 370 g/mol. The third-order valence-electron chi connectivity index (χ3n) is 2.56. The number of benzene rings is 2. The predicted molar refractivity (Wildman–Crippen MR) is 80.2 cm³/mol. The molecule has 0 saturated carbocycles. The van der Waals surface area contributed by atoms with Crippen molar-refractivity contribution in [2.45, 2.75) is 11.5 Å². The minimum absolute atomic E-state index is 0.0562. The van der Waals surface area contributed by atoms with Gasteiger partial charge in [-0.1, -0.05) is 35.3 Å². The van der Waals surface area contributed by atoms with Crippen LogP contribution in [-0.2, 0) is 15.7 Å². The molecule has 21 heavy (non-hydrogen) atoms. The lowest BCUT2D eigenvalue weighted by Crippen LogP contribution is -1.98. The Labute approximate surface area is 135 Å². The SMILES string of the molecule is O=S(=O)(Cl)c1cc(Cl)c(OCc2ccc(F)cc2)cc1Cl. The van der Waals surface area contributed by atoms with Crippen molar-refractivity contribution in [2.75, 3.05) is 0 Å². The first-order chi connectivity index (χ1) is 9.77. The molecule has 0 bridgehead atoms. The molecule has 8 heteroatoms. The maximum absolute atomic E-state index is 12.8. The second-order valence-corrected chi connectivity index (χ2v) is 7.41. The molecule has 0 fully saturated rings. The number of ether oxygens (including phenoxy) is 1. The summed E-state index contributed by atoms with van der Waals surface area (Å²) in [6.45, 7) is 0.128. The summed E-state index contributed by atoms with van der Waals surface area (Å²) in [5, 5.41) is -0.0377. The first-order valence-electron chi connectivity index (χ1n) is 5.58. The molecule has 0 aliphatic carbocycles. The number of hydrogen-bond acceptors (Lipinski definition) is 3. The fraction of sp³-hybridized carbons (Fsp3) is 0.0769. The molecule has 112 valence electrons. The number of rotatable bonds is 4. The highest BCUT2D eigenvalue weighted by atomic mass is 35.7. The van der Waals surface area contributed by atoms with E-state index in [4.69, 9.17) is 38.6 Å². The molecule has 0 aliphatic rings. The van der Waals surface area contributed by atoms with Crippen molar-refractivity contribution in [1.29, 1.82) is 0 Å². The van der Waals surface area contributed by atoms with Gasteiger partial charge in [-0.3, -0.25) is 0 Å². The van der Waals surface area contributed by atoms with Crippen LogP contribution in [0.5, 0.6) is 5.75 Å². The second kappa shape index (κ2) is 6.40. The molecule has 2 aromatic carbocycles. The molecule has 3 nitrogen and oxygen atoms in total. The van der Waals surface area contributed by atoms with Gasteiger partial charge < -0.3 is 4.74 Å². The Morgan fingerprint density at radius 3 is 2.24 bits per heavy atom. The van der Waals surface area contributed by atoms with Crippen LogP contribution in [-0.4, -0.2) is 8.42 Å². The van der Waals surface area contributed by atoms with Gasteiger partial charge in [-0.2, -0.15) is 0 Å². The minimum Gasteiger partial charge on any atom is -0.487 e. The number of halogens is 4. The molecule has 0 saturated heterocycles. The monoisotopic (exact) mass is 368 g/mol. The molecule has 0 radical (unpaired) electrons. The maximum Gasteiger partial charge on any atom is 0.262 e. The van der Waals surface area contributed by atoms with Crippen molar-refractivity contribution in [3.8, 4) is 5.75 Å². The van der Waals surface area contributed by atoms with Crippen molar-refractivity contribution >= 4 is 42.9 Å². The molecular weight excluding hydrogens is 362 g/mol. The van der Waals surface area contributed by atoms with Crippen LogP contribution in [0.4, 0.5) is 4.39 Å². The first kappa shape index (κ1) is 16.4. The van der Waals surface area contributed by atoms with Crippen molar-refractivity contribution in [1.82, 2.24) is 0 Å². The standard InChI is InChI=1S/C13H8Cl3FO3S/c14-10-6-13(21(16,18)19)11(15)5-12(10)20-7-8-1-3-9(17)4-2-8/h1-6H,7H2. The smallest absolute Gasteiger partial charge is 0.262 e. The Morgan fingerprint density at radius 2 is 1.67 bits per heavy atom. The van der Waals surface area contributed by atoms with E-state index in [0.29, 0.717) is 0 Å². The van der Waals surface area contributed by atoms with Gasteiger partial charge in [0.15, 0.2) is 0 Å². The van der Waals surface area contributed by atoms with E-state index in [9.17, 15) is 12.8 Å². The summed E-state index contributed by atoms with van der Waals surface area (Å²) in [4.78, 5) is -0.287. The van der Waals surface area contributed by atoms with E-state index in [1.54, 1.807) is 12.1 Å². The number of hydrogen-bond donors (Lipinski definition) is 0. The van der Waals surface area contributed by atoms with E-state index in [1.807, 2.05) is 0 Å². The molecule has 0 atom stereocenters. The Balaban J connectivity index is 2.21. The van der Waals surface area contributed by atoms with E-state index in [2.05, 4.69) is 0 Å². The zero-order valence-electron chi connectivity index (χ0n) is 10.3. The lowest BCUT2D eigenvalue weighted by atomic mass is 10.2. The third-order valence-corrected chi connectivity index (χ3v) is 4.64. The predicted octanol–water partition coefficient (Wildman–Crippen LogP) is 4.64. The van der Waals surface area contributed by atoms with Crippen LogP contribution in [0.3, 0.4) is 0 Å². The van der Waals surface area contributed by atoms with Gasteiger partial charge >= 0.3 is 0 Å². The van der Waals surface area contributed by atoms with Crippen LogP contribution in [0.1, 0.15) is 5.56 Å². The molecule has 2 rings (SSSR count). The van der Waals surface area contributed by atoms with Gasteiger partial charge in [0.05, 0.1) is 10.0 Å². The molecule has 0 amide bonds. The molecule has 0 N–H and O–H groups in total. The average Bonchev–Trinajstić information content (AvgIpc) is 2.40. The van der Waals surface area contributed by atoms with Gasteiger partial charge in [-0.25, -0.2) is 12.8 Å². The lowest BCUT2D eigenvalue weighted by Gasteiger charge is -2.10. The molecule has 0 aliphatic heterocycles. The van der Waals surface area contributed by atoms with E-state index in [0.717, 1.165) is 11.6 Å². The maximum atomic E-state index is 12.8. The van der Waals surface area contributed by atoms with Gasteiger partial charge in [0.1, 0.15) is 23.1 Å². The molecule has 2 aromatic rings. The molecule has 0 heterocycles. The molecule has 0 unspecified atom stereocenters. The Hall–Kier alpha value is -1.01. The Bertz CT molecular complexity index is 761. The highest BCUT2D eigenvalue weighted by molar-refractivity contribution is 8.13. The first-order valence-corrected chi connectivity index (χ1v) is 8.65. The van der Waals surface area contributed by atoms with Crippen LogP contribution >= 0.6 is 33.9 Å². The highest BCUT2D eigenvalue weighted by Crippen LogP contribution is 2.35. The van der Waals surface area contributed by atoms with Crippen LogP contribution in [0.2, 0.25) is 10.0 Å². The van der Waals surface area contributed by atoms with Gasteiger partial charge in [0, 0.05) is 16.7 Å². The minimum atomic E-state index is -3.99. The van der Waals surface area contributed by atoms with Gasteiger partial charge in [-0.15, -0.1) is 0 Å². The van der Waals surface area contributed by atoms with Crippen LogP contribution in [0, 0.1) is 5.82 Å². The van der Waals surface area contributed by atoms with Crippen molar-refractivity contribution in [2.24, 2.45) is 0 Å². The molecule has 0 spiro atoms. The van der Waals surface area contributed by atoms with Crippen molar-refractivity contribution in [3.05, 3.63) is 57.8 Å². The van der Waals surface area contributed by atoms with Crippen LogP contribution < -0.4 is 4.74 Å². The van der Waals surface area contributed by atoms with Crippen molar-refractivity contribution < 1.29 is 17.5 Å². The Kier molecular flexibility index (Phi) is 4.99. The molecular formula is C13H8Cl3FO3S. The van der Waals surface area contributed by atoms with E-state index in [1.165, 1.54) is 18.2 Å². The largest absolute Gasteiger partial charge is 0.487 e. The zero-order valence-corrected chi connectivity index (χ0v) is 13.4. The summed E-state index contributed by atoms with van der Waals surface area (Å²) in [5.41, 5.74) is 0.720. The summed E-state index contributed by atoms with van der Waals surface area (Å²) in [6.07, 6.45) is 0. The topological polar surface area (TPSA) is 43.4 Å². The quantitative estimate of drug-likeness (QED) is 0.737. The zero-order chi connectivity index (χ0) is 15.6. The fourth-order valence-corrected chi connectivity index (χ4v) is 3.34. The second-order valence-electron chi connectivity index (χ2n) is 4.07. The van der Waals surface area contributed by atoms with E-state index < -0.39 is 9.05 Å². The Morgan fingerprint density at radius 1 is 1.05 bits per heavy atom. The molecule has 0 aromatic heterocycles. The summed E-state index contributed by atoms with van der Waals surface area (Å²) in [6, 6.07) is 8.10. The normalized spacial score (nSPS) is 11.4. The lowest BCUT2D eigenvalue weighted by molar-refractivity contribution is 0.306. The summed E-state index contributed by atoms with van der Waals surface area (Å²) >= 11 is 11.8. The van der Waals surface area contributed by atoms with Gasteiger partial charge in [0.25, 0.3) is 9.05 Å². The van der Waals surface area contributed by atoms with Crippen LogP contribution in [0.25, 0.3) is 0 Å². The summed E-state index contributed by atoms with van der Waals surface area (Å²) in [7, 11) is 1.24.